The number of aliphatic carboxylic acids is 1. The minimum atomic E-state index is -1.08. The molecule has 1 amide bonds. The fourth-order valence-electron chi connectivity index (χ4n) is 2.21. The van der Waals surface area contributed by atoms with Crippen LogP contribution >= 0.6 is 0 Å². The Balaban J connectivity index is 1.97. The predicted molar refractivity (Wildman–Crippen MR) is 70.0 cm³/mol. The second kappa shape index (κ2) is 6.38. The summed E-state index contributed by atoms with van der Waals surface area (Å²) >= 11 is 0. The van der Waals surface area contributed by atoms with Crippen LogP contribution in [0.3, 0.4) is 0 Å². The highest BCUT2D eigenvalue weighted by molar-refractivity contribution is 5.80. The van der Waals surface area contributed by atoms with Crippen LogP contribution in [0.4, 0.5) is 4.79 Å². The number of β-amino-alcohol motifs (C(OH)–C–C–N with tert-alkyl or cyclic N) is 1. The van der Waals surface area contributed by atoms with Crippen molar-refractivity contribution in [1.29, 1.82) is 0 Å². The third kappa shape index (κ3) is 3.48. The van der Waals surface area contributed by atoms with E-state index in [2.05, 4.69) is 0 Å². The van der Waals surface area contributed by atoms with Gasteiger partial charge in [0.05, 0.1) is 12.6 Å². The van der Waals surface area contributed by atoms with E-state index < -0.39 is 24.2 Å². The number of piperidine rings is 1. The average Bonchev–Trinajstić information content (AvgIpc) is 2.45. The Hall–Kier alpha value is -2.08. The number of carbonyl (C=O) groups is 2. The lowest BCUT2D eigenvalue weighted by Gasteiger charge is -2.34. The zero-order valence-electron chi connectivity index (χ0n) is 10.9. The van der Waals surface area contributed by atoms with Gasteiger partial charge in [0.15, 0.2) is 0 Å². The van der Waals surface area contributed by atoms with Crippen molar-refractivity contribution in [3.63, 3.8) is 0 Å². The second-order valence-corrected chi connectivity index (χ2v) is 4.78. The van der Waals surface area contributed by atoms with Gasteiger partial charge in [-0.1, -0.05) is 30.3 Å². The quantitative estimate of drug-likeness (QED) is 0.869. The largest absolute Gasteiger partial charge is 0.480 e. The first-order valence-electron chi connectivity index (χ1n) is 6.46. The number of hydrogen-bond donors (Lipinski definition) is 2. The maximum absolute atomic E-state index is 12.0. The molecule has 0 saturated carbocycles. The number of ether oxygens (including phenoxy) is 1. The Morgan fingerprint density at radius 1 is 1.25 bits per heavy atom. The molecule has 1 aromatic carbocycles. The van der Waals surface area contributed by atoms with Crippen LogP contribution in [0.2, 0.25) is 0 Å². The average molecular weight is 279 g/mol. The number of aliphatic hydroxyl groups excluding tert-OH is 1. The molecule has 6 nitrogen and oxygen atoms in total. The number of carboxylic acids is 1. The Morgan fingerprint density at radius 2 is 1.95 bits per heavy atom. The lowest BCUT2D eigenvalue weighted by Crippen LogP contribution is -2.52. The van der Waals surface area contributed by atoms with Gasteiger partial charge in [0.25, 0.3) is 0 Å². The molecule has 1 heterocycles. The lowest BCUT2D eigenvalue weighted by molar-refractivity contribution is -0.145. The van der Waals surface area contributed by atoms with Crippen molar-refractivity contribution in [2.75, 3.05) is 6.54 Å². The molecular formula is C14H17NO5. The van der Waals surface area contributed by atoms with E-state index in [9.17, 15) is 14.7 Å². The molecule has 20 heavy (non-hydrogen) atoms. The van der Waals surface area contributed by atoms with Gasteiger partial charge in [0, 0.05) is 0 Å². The van der Waals surface area contributed by atoms with Crippen molar-refractivity contribution in [3.8, 4) is 0 Å². The molecule has 2 rings (SSSR count). The number of amides is 1. The van der Waals surface area contributed by atoms with Crippen LogP contribution in [0.15, 0.2) is 30.3 Å². The molecule has 2 atom stereocenters. The van der Waals surface area contributed by atoms with Gasteiger partial charge in [-0.2, -0.15) is 0 Å². The van der Waals surface area contributed by atoms with Crippen LogP contribution in [0.25, 0.3) is 0 Å². The van der Waals surface area contributed by atoms with Gasteiger partial charge in [0.1, 0.15) is 12.6 Å². The van der Waals surface area contributed by atoms with Crippen LogP contribution in [-0.2, 0) is 16.1 Å². The third-order valence-electron chi connectivity index (χ3n) is 3.28. The van der Waals surface area contributed by atoms with Crippen LogP contribution in [-0.4, -0.2) is 45.9 Å². The molecule has 0 aliphatic carbocycles. The fraction of sp³-hybridized carbons (Fsp3) is 0.429. The van der Waals surface area contributed by atoms with Gasteiger partial charge in [0.2, 0.25) is 0 Å². The van der Waals surface area contributed by atoms with E-state index in [1.165, 1.54) is 0 Å². The number of benzene rings is 1. The molecular weight excluding hydrogens is 262 g/mol. The molecule has 0 aromatic heterocycles. The first-order chi connectivity index (χ1) is 9.58. The third-order valence-corrected chi connectivity index (χ3v) is 3.28. The fourth-order valence-corrected chi connectivity index (χ4v) is 2.21. The lowest BCUT2D eigenvalue weighted by atomic mass is 10.0. The zero-order valence-corrected chi connectivity index (χ0v) is 10.9. The van der Waals surface area contributed by atoms with E-state index in [1.807, 2.05) is 30.3 Å². The summed E-state index contributed by atoms with van der Waals surface area (Å²) < 4.78 is 5.11. The monoisotopic (exact) mass is 279 g/mol. The second-order valence-electron chi connectivity index (χ2n) is 4.78. The van der Waals surface area contributed by atoms with Crippen molar-refractivity contribution >= 4 is 12.1 Å². The summed E-state index contributed by atoms with van der Waals surface area (Å²) in [5.41, 5.74) is 0.824. The molecule has 1 aromatic rings. The van der Waals surface area contributed by atoms with Gasteiger partial charge >= 0.3 is 12.1 Å². The predicted octanol–water partition coefficient (Wildman–Crippen LogP) is 1.23. The van der Waals surface area contributed by atoms with E-state index in [0.29, 0.717) is 6.42 Å². The number of aliphatic hydroxyl groups is 1. The van der Waals surface area contributed by atoms with Crippen LogP contribution in [0.5, 0.6) is 0 Å². The molecule has 1 aliphatic heterocycles. The molecule has 0 radical (unpaired) electrons. The molecule has 1 saturated heterocycles. The molecule has 1 aliphatic rings. The van der Waals surface area contributed by atoms with Crippen molar-refractivity contribution in [2.45, 2.75) is 31.6 Å². The van der Waals surface area contributed by atoms with Gasteiger partial charge in [-0.05, 0) is 18.4 Å². The first-order valence-corrected chi connectivity index (χ1v) is 6.46. The molecule has 108 valence electrons. The smallest absolute Gasteiger partial charge is 0.410 e. The Bertz CT molecular complexity index is 476. The van der Waals surface area contributed by atoms with Crippen LogP contribution < -0.4 is 0 Å². The summed E-state index contributed by atoms with van der Waals surface area (Å²) in [7, 11) is 0. The van der Waals surface area contributed by atoms with E-state index in [0.717, 1.165) is 10.5 Å². The highest BCUT2D eigenvalue weighted by Gasteiger charge is 2.36. The molecule has 1 fully saturated rings. The van der Waals surface area contributed by atoms with E-state index in [4.69, 9.17) is 9.84 Å². The van der Waals surface area contributed by atoms with E-state index >= 15 is 0 Å². The summed E-state index contributed by atoms with van der Waals surface area (Å²) in [6.07, 6.45) is -0.800. The molecule has 0 bridgehead atoms. The topological polar surface area (TPSA) is 87.1 Å². The summed E-state index contributed by atoms with van der Waals surface area (Å²) in [6, 6.07) is 8.20. The molecule has 6 heteroatoms. The maximum Gasteiger partial charge on any atom is 0.410 e. The summed E-state index contributed by atoms with van der Waals surface area (Å²) in [5.74, 6) is -1.08. The molecule has 2 N–H and O–H groups in total. The Labute approximate surface area is 116 Å². The Morgan fingerprint density at radius 3 is 2.60 bits per heavy atom. The van der Waals surface area contributed by atoms with Gasteiger partial charge in [-0.15, -0.1) is 0 Å². The molecule has 0 spiro atoms. The molecule has 0 unspecified atom stereocenters. The summed E-state index contributed by atoms with van der Waals surface area (Å²) in [4.78, 5) is 24.2. The normalized spacial score (nSPS) is 22.4. The van der Waals surface area contributed by atoms with Gasteiger partial charge in [-0.3, -0.25) is 4.90 Å². The zero-order chi connectivity index (χ0) is 14.5. The highest BCUT2D eigenvalue weighted by Crippen LogP contribution is 2.19. The summed E-state index contributed by atoms with van der Waals surface area (Å²) in [6.45, 7) is 0.0726. The maximum atomic E-state index is 12.0. The van der Waals surface area contributed by atoms with E-state index in [1.54, 1.807) is 0 Å². The number of likely N-dealkylation sites (tertiary alicyclic amines) is 1. The number of hydrogen-bond acceptors (Lipinski definition) is 4. The van der Waals surface area contributed by atoms with Crippen molar-refractivity contribution < 1.29 is 24.5 Å². The van der Waals surface area contributed by atoms with Gasteiger partial charge in [-0.25, -0.2) is 9.59 Å². The standard InChI is InChI=1S/C14H17NO5/c16-11-6-7-12(13(17)18)15(8-11)14(19)20-9-10-4-2-1-3-5-10/h1-5,11-12,16H,6-9H2,(H,17,18)/t11-,12-/m1/s1. The van der Waals surface area contributed by atoms with Crippen molar-refractivity contribution in [3.05, 3.63) is 35.9 Å². The first kappa shape index (κ1) is 14.3. The Kier molecular flexibility index (Phi) is 4.57. The number of rotatable bonds is 3. The minimum absolute atomic E-state index is 0.00934. The highest BCUT2D eigenvalue weighted by atomic mass is 16.6. The summed E-state index contributed by atoms with van der Waals surface area (Å²) in [5, 5.41) is 18.7. The number of carbonyl (C=O) groups excluding carboxylic acids is 1. The van der Waals surface area contributed by atoms with Crippen molar-refractivity contribution in [1.82, 2.24) is 4.90 Å². The minimum Gasteiger partial charge on any atom is -0.480 e. The van der Waals surface area contributed by atoms with Gasteiger partial charge < -0.3 is 14.9 Å². The number of nitrogens with zero attached hydrogens (tertiary/aromatic N) is 1. The van der Waals surface area contributed by atoms with E-state index in [-0.39, 0.29) is 19.6 Å². The van der Waals surface area contributed by atoms with Crippen LogP contribution in [0.1, 0.15) is 18.4 Å². The van der Waals surface area contributed by atoms with Crippen molar-refractivity contribution in [2.24, 2.45) is 0 Å². The van der Waals surface area contributed by atoms with Crippen LogP contribution in [0, 0.1) is 0 Å². The SMILES string of the molecule is O=C(O)[C@H]1CC[C@@H](O)CN1C(=O)OCc1ccccc1. The number of carboxylic acid groups (broad SMARTS) is 1.